The van der Waals surface area contributed by atoms with Gasteiger partial charge in [0, 0.05) is 4.90 Å². The van der Waals surface area contributed by atoms with Gasteiger partial charge >= 0.3 is 0 Å². The van der Waals surface area contributed by atoms with Gasteiger partial charge in [-0.25, -0.2) is 0 Å². The molecular weight excluding hydrogens is 234 g/mol. The van der Waals surface area contributed by atoms with Crippen LogP contribution >= 0.6 is 11.8 Å². The van der Waals surface area contributed by atoms with Crippen molar-refractivity contribution in [2.24, 2.45) is 0 Å². The average molecular weight is 242 g/mol. The van der Waals surface area contributed by atoms with Crippen LogP contribution in [0.3, 0.4) is 0 Å². The molecule has 0 unspecified atom stereocenters. The summed E-state index contributed by atoms with van der Waals surface area (Å²) in [5, 5.41) is 3.54. The predicted molar refractivity (Wildman–Crippen MR) is 58.2 cm³/mol. The summed E-state index contributed by atoms with van der Waals surface area (Å²) in [7, 11) is 0. The van der Waals surface area contributed by atoms with Crippen LogP contribution in [0.5, 0.6) is 0 Å². The third-order valence-corrected chi connectivity index (χ3v) is 2.71. The zero-order valence-electron chi connectivity index (χ0n) is 8.06. The van der Waals surface area contributed by atoms with Gasteiger partial charge in [-0.3, -0.25) is 0 Å². The first kappa shape index (κ1) is 10.9. The first-order chi connectivity index (χ1) is 7.66. The van der Waals surface area contributed by atoms with E-state index in [2.05, 4.69) is 5.16 Å². The smallest absolute Gasteiger partial charge is 0.288 e. The summed E-state index contributed by atoms with van der Waals surface area (Å²) in [5.74, 6) is -2.19. The topological polar surface area (TPSA) is 52.0 Å². The van der Waals surface area contributed by atoms with E-state index in [0.717, 1.165) is 5.56 Å². The van der Waals surface area contributed by atoms with Gasteiger partial charge in [-0.2, -0.15) is 8.78 Å². The third-order valence-electron chi connectivity index (χ3n) is 1.99. The van der Waals surface area contributed by atoms with Crippen LogP contribution in [-0.4, -0.2) is 10.9 Å². The molecule has 0 saturated heterocycles. The maximum atomic E-state index is 12.1. The number of nitrogen functional groups attached to an aromatic ring is 1. The highest BCUT2D eigenvalue weighted by Gasteiger charge is 2.08. The molecule has 3 nitrogen and oxygen atoms in total. The van der Waals surface area contributed by atoms with E-state index in [-0.39, 0.29) is 5.88 Å². The zero-order chi connectivity index (χ0) is 11.5. The van der Waals surface area contributed by atoms with Crippen molar-refractivity contribution < 1.29 is 13.3 Å². The van der Waals surface area contributed by atoms with Gasteiger partial charge in [-0.1, -0.05) is 29.1 Å². The van der Waals surface area contributed by atoms with Gasteiger partial charge in [-0.15, -0.1) is 0 Å². The Morgan fingerprint density at radius 2 is 1.94 bits per heavy atom. The molecule has 84 valence electrons. The Morgan fingerprint density at radius 3 is 2.44 bits per heavy atom. The molecule has 2 rings (SSSR count). The van der Waals surface area contributed by atoms with Crippen molar-refractivity contribution >= 4 is 17.6 Å². The predicted octanol–water partition coefficient (Wildman–Crippen LogP) is 3.24. The Morgan fingerprint density at radius 1 is 1.25 bits per heavy atom. The van der Waals surface area contributed by atoms with E-state index in [1.54, 1.807) is 24.3 Å². The van der Waals surface area contributed by atoms with Gasteiger partial charge in [0.2, 0.25) is 5.88 Å². The summed E-state index contributed by atoms with van der Waals surface area (Å²) >= 11 is 0.505. The summed E-state index contributed by atoms with van der Waals surface area (Å²) in [6.45, 7) is 0. The first-order valence-electron chi connectivity index (χ1n) is 4.42. The van der Waals surface area contributed by atoms with Crippen molar-refractivity contribution in [3.05, 3.63) is 30.5 Å². The summed E-state index contributed by atoms with van der Waals surface area (Å²) in [6.07, 6.45) is 1.49. The number of benzene rings is 1. The number of hydrogen-bond donors (Lipinski definition) is 1. The molecule has 0 aliphatic carbocycles. The summed E-state index contributed by atoms with van der Waals surface area (Å²) in [5.41, 5.74) is 6.99. The van der Waals surface area contributed by atoms with Crippen LogP contribution in [0.15, 0.2) is 39.9 Å². The molecular formula is C10H8F2N2OS. The summed E-state index contributed by atoms with van der Waals surface area (Å²) in [6, 6.07) is 6.62. The summed E-state index contributed by atoms with van der Waals surface area (Å²) < 4.78 is 28.9. The molecule has 0 fully saturated rings. The highest BCUT2D eigenvalue weighted by atomic mass is 32.2. The van der Waals surface area contributed by atoms with E-state index in [9.17, 15) is 8.78 Å². The van der Waals surface area contributed by atoms with Gasteiger partial charge < -0.3 is 10.3 Å². The number of nitrogens with zero attached hydrogens (tertiary/aromatic N) is 1. The van der Waals surface area contributed by atoms with Crippen LogP contribution in [0.4, 0.5) is 14.7 Å². The van der Waals surface area contributed by atoms with Gasteiger partial charge in [0.15, 0.2) is 0 Å². The molecule has 6 heteroatoms. The minimum atomic E-state index is -2.41. The van der Waals surface area contributed by atoms with Gasteiger partial charge in [0.1, 0.15) is 0 Å². The van der Waals surface area contributed by atoms with Crippen LogP contribution in [0.2, 0.25) is 0 Å². The maximum Gasteiger partial charge on any atom is 0.288 e. The van der Waals surface area contributed by atoms with Crippen LogP contribution in [0.1, 0.15) is 0 Å². The van der Waals surface area contributed by atoms with E-state index in [0.29, 0.717) is 22.2 Å². The van der Waals surface area contributed by atoms with Crippen molar-refractivity contribution in [3.63, 3.8) is 0 Å². The normalized spacial score (nSPS) is 10.9. The minimum absolute atomic E-state index is 0.217. The van der Waals surface area contributed by atoms with E-state index in [1.165, 1.54) is 6.20 Å². The van der Waals surface area contributed by atoms with Gasteiger partial charge in [0.05, 0.1) is 11.8 Å². The van der Waals surface area contributed by atoms with Crippen molar-refractivity contribution in [1.82, 2.24) is 5.16 Å². The number of halogens is 2. The quantitative estimate of drug-likeness (QED) is 0.839. The number of alkyl halides is 2. The van der Waals surface area contributed by atoms with Crippen molar-refractivity contribution in [1.29, 1.82) is 0 Å². The maximum absolute atomic E-state index is 12.1. The fourth-order valence-corrected chi connectivity index (χ4v) is 1.78. The molecule has 16 heavy (non-hydrogen) atoms. The molecule has 1 heterocycles. The van der Waals surface area contributed by atoms with Crippen LogP contribution in [0.25, 0.3) is 11.1 Å². The van der Waals surface area contributed by atoms with Crippen molar-refractivity contribution in [3.8, 4) is 11.1 Å². The number of nitrogens with two attached hydrogens (primary N) is 1. The number of hydrogen-bond acceptors (Lipinski definition) is 4. The molecule has 0 aliphatic heterocycles. The molecule has 1 aromatic heterocycles. The lowest BCUT2D eigenvalue weighted by Gasteiger charge is -2.01. The second-order valence-corrected chi connectivity index (χ2v) is 4.07. The average Bonchev–Trinajstić information content (AvgIpc) is 2.65. The first-order valence-corrected chi connectivity index (χ1v) is 5.30. The second kappa shape index (κ2) is 4.52. The van der Waals surface area contributed by atoms with Gasteiger partial charge in [0.25, 0.3) is 5.76 Å². The minimum Gasteiger partial charge on any atom is -0.367 e. The zero-order valence-corrected chi connectivity index (χ0v) is 8.88. The Balaban J connectivity index is 2.23. The Kier molecular flexibility index (Phi) is 3.09. The Hall–Kier alpha value is -1.56. The molecule has 0 bridgehead atoms. The van der Waals surface area contributed by atoms with Crippen LogP contribution in [-0.2, 0) is 0 Å². The molecule has 1 aromatic carbocycles. The highest BCUT2D eigenvalue weighted by molar-refractivity contribution is 7.99. The fraction of sp³-hybridized carbons (Fsp3) is 0.100. The van der Waals surface area contributed by atoms with Crippen LogP contribution < -0.4 is 5.73 Å². The highest BCUT2D eigenvalue weighted by Crippen LogP contribution is 2.29. The number of anilines is 1. The van der Waals surface area contributed by atoms with E-state index in [4.69, 9.17) is 10.3 Å². The molecule has 0 aliphatic rings. The standard InChI is InChI=1S/C10H8F2N2OS/c11-10(12)16-7-3-1-6(2-4-7)8-5-14-15-9(8)13/h1-5,10H,13H2. The lowest BCUT2D eigenvalue weighted by Crippen LogP contribution is -1.85. The number of thioether (sulfide) groups is 1. The molecule has 0 spiro atoms. The molecule has 2 aromatic rings. The summed E-state index contributed by atoms with van der Waals surface area (Å²) in [4.78, 5) is 0.508. The van der Waals surface area contributed by atoms with E-state index < -0.39 is 5.76 Å². The monoisotopic (exact) mass is 242 g/mol. The van der Waals surface area contributed by atoms with Crippen LogP contribution in [0, 0.1) is 0 Å². The van der Waals surface area contributed by atoms with Gasteiger partial charge in [-0.05, 0) is 17.7 Å². The van der Waals surface area contributed by atoms with Crippen molar-refractivity contribution in [2.75, 3.05) is 5.73 Å². The molecule has 0 saturated carbocycles. The lowest BCUT2D eigenvalue weighted by atomic mass is 10.1. The SMILES string of the molecule is Nc1oncc1-c1ccc(SC(F)F)cc1. The fourth-order valence-electron chi connectivity index (χ4n) is 1.28. The Bertz CT molecular complexity index is 470. The number of aromatic nitrogens is 1. The molecule has 0 amide bonds. The Labute approximate surface area is 94.6 Å². The molecule has 0 atom stereocenters. The lowest BCUT2D eigenvalue weighted by molar-refractivity contribution is 0.252. The van der Waals surface area contributed by atoms with E-state index >= 15 is 0 Å². The third kappa shape index (κ3) is 2.33. The molecule has 0 radical (unpaired) electrons. The van der Waals surface area contributed by atoms with E-state index in [1.807, 2.05) is 0 Å². The van der Waals surface area contributed by atoms with Crippen molar-refractivity contribution in [2.45, 2.75) is 10.7 Å². The number of rotatable bonds is 3. The molecule has 2 N–H and O–H groups in total. The second-order valence-electron chi connectivity index (χ2n) is 3.01. The largest absolute Gasteiger partial charge is 0.367 e.